The number of fused-ring (bicyclic) bond motifs is 9. The zero-order valence-corrected chi connectivity index (χ0v) is 37.6. The fourth-order valence-electron chi connectivity index (χ4n) is 10.6. The maximum Gasteiger partial charge on any atom is 0.518 e. The zero-order chi connectivity index (χ0) is 45.6. The second kappa shape index (κ2) is 16.0. The average Bonchev–Trinajstić information content (AvgIpc) is 3.73. The predicted molar refractivity (Wildman–Crippen MR) is 229 cm³/mol. The van der Waals surface area contributed by atoms with E-state index < -0.39 is 58.8 Å². The molecule has 1 spiro atoms. The number of hydrogen-bond acceptors (Lipinski definition) is 18. The number of phenols is 1. The molecule has 1 unspecified atom stereocenters. The molecule has 4 bridgehead atoms. The summed E-state index contributed by atoms with van der Waals surface area (Å²) in [6, 6.07) is 4.85. The molecule has 17 nitrogen and oxygen atoms in total. The first-order valence-electron chi connectivity index (χ1n) is 21.0. The van der Waals surface area contributed by atoms with Gasteiger partial charge in [-0.25, -0.2) is 14.4 Å². The fraction of sp³-hybridized carbons (Fsp3) is 0.478. The molecule has 7 atom stereocenters. The number of benzene rings is 3. The maximum absolute atomic E-state index is 15.1. The summed E-state index contributed by atoms with van der Waals surface area (Å²) in [6.07, 6.45) is -0.0566. The highest BCUT2D eigenvalue weighted by Crippen LogP contribution is 2.64. The van der Waals surface area contributed by atoms with Crippen molar-refractivity contribution in [2.45, 2.75) is 94.1 Å². The molecule has 2 N–H and O–H groups in total. The van der Waals surface area contributed by atoms with Crippen LogP contribution in [-0.2, 0) is 37.4 Å². The minimum absolute atomic E-state index is 0.00322. The first-order chi connectivity index (χ1) is 30.6. The highest BCUT2D eigenvalue weighted by Gasteiger charge is 2.62. The van der Waals surface area contributed by atoms with Crippen LogP contribution < -0.4 is 33.7 Å². The third-order valence-electron chi connectivity index (χ3n) is 13.1. The largest absolute Gasteiger partial charge is 0.518 e. The molecule has 7 heterocycles. The maximum atomic E-state index is 15.1. The molecule has 18 heteroatoms. The lowest BCUT2D eigenvalue weighted by molar-refractivity contribution is -0.157. The number of rotatable bonds is 5. The minimum Gasteiger partial charge on any atom is -0.504 e. The summed E-state index contributed by atoms with van der Waals surface area (Å²) in [5.41, 5.74) is 2.86. The molecular formula is C46H50N4O13S. The number of esters is 1. The molecule has 2 saturated heterocycles. The van der Waals surface area contributed by atoms with Crippen molar-refractivity contribution in [3.63, 3.8) is 0 Å². The standard InChI is InChI=1S/C46H50N4O13S/c1-10-57-43(53)62-38-22(3)39-40(60-20-59-39)32-28-18-58-42(52)46(25-16-29(55-8)30(15-23(25)11-12-48-46)61-44(54)63-45(4,5)6)19-64-41(33(32)38)35-34-31-24(13-21(2)37(56-9)36(31)51)14-26(49(34)7)27(17-47)50(28)35/h10,13,15-16,26-28,34-35,41,48,51H,1,11-12,14,18-20H2,2-9H3/t26-,27+,28-,34-,35?,41-,46-/m1/s1. The lowest BCUT2D eigenvalue weighted by Crippen LogP contribution is -2.69. The van der Waals surface area contributed by atoms with Gasteiger partial charge in [-0.2, -0.15) is 5.26 Å². The number of thioether (sulfide) groups is 1. The Morgan fingerprint density at radius 1 is 1.02 bits per heavy atom. The summed E-state index contributed by atoms with van der Waals surface area (Å²) in [6.45, 7) is 12.3. The molecule has 0 aliphatic carbocycles. The Labute approximate surface area is 374 Å². The number of aromatic hydroxyl groups is 1. The van der Waals surface area contributed by atoms with E-state index in [0.717, 1.165) is 17.4 Å². The molecule has 10 rings (SSSR count). The van der Waals surface area contributed by atoms with Gasteiger partial charge < -0.3 is 47.7 Å². The van der Waals surface area contributed by atoms with Crippen LogP contribution >= 0.6 is 11.8 Å². The molecule has 7 aliphatic heterocycles. The Hall–Kier alpha value is -5.87. The summed E-state index contributed by atoms with van der Waals surface area (Å²) >= 11 is 1.41. The molecule has 2 fully saturated rings. The van der Waals surface area contributed by atoms with Crippen molar-refractivity contribution in [2.75, 3.05) is 47.0 Å². The average molecular weight is 899 g/mol. The lowest BCUT2D eigenvalue weighted by Gasteiger charge is -2.62. The van der Waals surface area contributed by atoms with E-state index in [2.05, 4.69) is 27.8 Å². The van der Waals surface area contributed by atoms with Gasteiger partial charge in [-0.1, -0.05) is 12.6 Å². The van der Waals surface area contributed by atoms with Gasteiger partial charge in [-0.05, 0) is 88.9 Å². The SMILES string of the molecule is C=COC(=O)Oc1c(C)c2c(c3c1[C@H]1SC[C@]4(NCCc5cc(OC(=O)OC(C)(C)C)c(OC)cc54)C(=O)OC[C@H]3N3C1[C@H]1c4c(cc(C)c(OC)c4O)C[C@H]([C@@H]3C#N)N1C)OCO2. The van der Waals surface area contributed by atoms with E-state index in [1.54, 1.807) is 39.8 Å². The van der Waals surface area contributed by atoms with Gasteiger partial charge in [-0.3, -0.25) is 15.1 Å². The highest BCUT2D eigenvalue weighted by molar-refractivity contribution is 7.99. The Kier molecular flexibility index (Phi) is 10.8. The van der Waals surface area contributed by atoms with Crippen LogP contribution in [0.4, 0.5) is 9.59 Å². The van der Waals surface area contributed by atoms with E-state index >= 15 is 4.79 Å². The van der Waals surface area contributed by atoms with Crippen LogP contribution in [0.3, 0.4) is 0 Å². The molecular weight excluding hydrogens is 849 g/mol. The van der Waals surface area contributed by atoms with Crippen molar-refractivity contribution < 1.29 is 62.1 Å². The van der Waals surface area contributed by atoms with Crippen molar-refractivity contribution in [3.8, 4) is 46.3 Å². The van der Waals surface area contributed by atoms with Gasteiger partial charge in [0, 0.05) is 46.6 Å². The Morgan fingerprint density at radius 2 is 1.78 bits per heavy atom. The number of aryl methyl sites for hydroxylation is 1. The van der Waals surface area contributed by atoms with Crippen molar-refractivity contribution in [1.82, 2.24) is 15.1 Å². The Morgan fingerprint density at radius 3 is 2.48 bits per heavy atom. The number of carbonyl (C=O) groups is 3. The number of carbonyl (C=O) groups excluding carboxylic acids is 3. The zero-order valence-electron chi connectivity index (χ0n) is 36.8. The number of nitriles is 1. The summed E-state index contributed by atoms with van der Waals surface area (Å²) < 4.78 is 52.7. The highest BCUT2D eigenvalue weighted by atomic mass is 32.2. The van der Waals surface area contributed by atoms with Crippen LogP contribution in [0.25, 0.3) is 0 Å². The monoisotopic (exact) mass is 898 g/mol. The second-order valence-corrected chi connectivity index (χ2v) is 18.8. The number of phenolic OH excluding ortho intramolecular Hbond substituents is 1. The smallest absolute Gasteiger partial charge is 0.504 e. The van der Waals surface area contributed by atoms with Crippen LogP contribution in [0.1, 0.15) is 82.6 Å². The molecule has 0 amide bonds. The van der Waals surface area contributed by atoms with Gasteiger partial charge in [0.05, 0.1) is 43.9 Å². The first-order valence-corrected chi connectivity index (χ1v) is 22.0. The fourth-order valence-corrected chi connectivity index (χ4v) is 12.3. The molecule has 64 heavy (non-hydrogen) atoms. The van der Waals surface area contributed by atoms with Crippen LogP contribution in [0.2, 0.25) is 0 Å². The number of likely N-dealkylation sites (N-methyl/N-ethyl adjacent to an activating group) is 1. The molecule has 3 aromatic carbocycles. The van der Waals surface area contributed by atoms with E-state index in [-0.39, 0.29) is 48.2 Å². The van der Waals surface area contributed by atoms with Crippen LogP contribution in [0.5, 0.6) is 40.2 Å². The lowest BCUT2D eigenvalue weighted by atomic mass is 9.71. The number of nitrogens with one attached hydrogen (secondary N) is 1. The van der Waals surface area contributed by atoms with E-state index in [1.807, 2.05) is 20.0 Å². The van der Waals surface area contributed by atoms with Gasteiger partial charge in [0.25, 0.3) is 0 Å². The summed E-state index contributed by atoms with van der Waals surface area (Å²) in [7, 11) is 4.91. The van der Waals surface area contributed by atoms with Gasteiger partial charge in [0.1, 0.15) is 24.0 Å². The topological polar surface area (TPSA) is 197 Å². The molecule has 3 aromatic rings. The normalized spacial score (nSPS) is 26.5. The number of piperazine rings is 1. The van der Waals surface area contributed by atoms with E-state index in [1.165, 1.54) is 26.0 Å². The van der Waals surface area contributed by atoms with Crippen molar-refractivity contribution in [3.05, 3.63) is 75.5 Å². The van der Waals surface area contributed by atoms with Crippen molar-refractivity contribution in [2.24, 2.45) is 0 Å². The van der Waals surface area contributed by atoms with Crippen LogP contribution in [0, 0.1) is 25.2 Å². The first kappa shape index (κ1) is 43.4. The molecule has 0 saturated carbocycles. The third-order valence-corrected chi connectivity index (χ3v) is 14.6. The second-order valence-electron chi connectivity index (χ2n) is 17.7. The molecule has 7 aliphatic rings. The van der Waals surface area contributed by atoms with Crippen molar-refractivity contribution in [1.29, 1.82) is 5.26 Å². The van der Waals surface area contributed by atoms with Crippen LogP contribution in [-0.4, -0.2) is 104 Å². The Bertz CT molecular complexity index is 2540. The number of hydrogen-bond donors (Lipinski definition) is 2. The van der Waals surface area contributed by atoms with Gasteiger partial charge >= 0.3 is 18.3 Å². The Balaban J connectivity index is 1.27. The van der Waals surface area contributed by atoms with Gasteiger partial charge in [0.15, 0.2) is 40.0 Å². The quantitative estimate of drug-likeness (QED) is 0.125. The number of nitrogens with zero attached hydrogens (tertiary/aromatic N) is 3. The minimum atomic E-state index is -1.49. The third kappa shape index (κ3) is 6.65. The molecule has 338 valence electrons. The predicted octanol–water partition coefficient (Wildman–Crippen LogP) is 6.33. The molecule has 0 aromatic heterocycles. The molecule has 0 radical (unpaired) electrons. The van der Waals surface area contributed by atoms with Gasteiger partial charge in [-0.15, -0.1) is 11.8 Å². The van der Waals surface area contributed by atoms with E-state index in [9.17, 15) is 20.0 Å². The van der Waals surface area contributed by atoms with E-state index in [0.29, 0.717) is 70.0 Å². The summed E-state index contributed by atoms with van der Waals surface area (Å²) in [4.78, 5) is 45.6. The number of ether oxygens (including phenoxy) is 9. The van der Waals surface area contributed by atoms with Crippen molar-refractivity contribution >= 4 is 30.0 Å². The van der Waals surface area contributed by atoms with Crippen LogP contribution in [0.15, 0.2) is 31.0 Å². The van der Waals surface area contributed by atoms with E-state index in [4.69, 9.17) is 42.6 Å². The number of methoxy groups -OCH3 is 2. The summed E-state index contributed by atoms with van der Waals surface area (Å²) in [5.74, 6) is 1.02. The summed E-state index contributed by atoms with van der Waals surface area (Å²) in [5, 5.41) is 26.2. The van der Waals surface area contributed by atoms with Gasteiger partial charge in [0.2, 0.25) is 6.79 Å².